The fraction of sp³-hybridized carbons (Fsp3) is 0.875. The van der Waals surface area contributed by atoms with Crippen LogP contribution in [0.2, 0.25) is 0 Å². The Bertz CT molecular complexity index is 397. The minimum Gasteiger partial charge on any atom is -0.352 e. The summed E-state index contributed by atoms with van der Waals surface area (Å²) in [5.74, 6) is -0.0786. The van der Waals surface area contributed by atoms with Gasteiger partial charge in [-0.2, -0.15) is 0 Å². The van der Waals surface area contributed by atoms with E-state index in [1.54, 1.807) is 0 Å². The molecule has 2 saturated heterocycles. The molecule has 3 rings (SSSR count). The molecule has 4 N–H and O–H groups in total. The molecule has 1 saturated carbocycles. The maximum Gasteiger partial charge on any atom is 0.315 e. The number of urea groups is 1. The van der Waals surface area contributed by atoms with Crippen molar-refractivity contribution in [1.29, 1.82) is 0 Å². The number of amides is 3. The summed E-state index contributed by atoms with van der Waals surface area (Å²) in [6.45, 7) is 0.0673. The highest BCUT2D eigenvalue weighted by Crippen LogP contribution is 2.26. The molecule has 22 heavy (non-hydrogen) atoms. The van der Waals surface area contributed by atoms with Gasteiger partial charge in [-0.3, -0.25) is 4.79 Å². The molecule has 0 aromatic rings. The molecule has 124 valence electrons. The zero-order chi connectivity index (χ0) is 15.4. The maximum absolute atomic E-state index is 12.0. The van der Waals surface area contributed by atoms with Gasteiger partial charge in [0.1, 0.15) is 0 Å². The van der Waals surface area contributed by atoms with E-state index >= 15 is 0 Å². The summed E-state index contributed by atoms with van der Waals surface area (Å²) in [5.41, 5.74) is 0. The predicted molar refractivity (Wildman–Crippen MR) is 84.5 cm³/mol. The summed E-state index contributed by atoms with van der Waals surface area (Å²) < 4.78 is 0. The molecular formula is C16H28N4O2. The van der Waals surface area contributed by atoms with E-state index in [1.165, 1.54) is 32.1 Å². The van der Waals surface area contributed by atoms with Gasteiger partial charge in [0, 0.05) is 24.2 Å². The molecule has 1 aliphatic carbocycles. The third-order valence-electron chi connectivity index (χ3n) is 5.19. The van der Waals surface area contributed by atoms with Crippen molar-refractivity contribution in [1.82, 2.24) is 21.3 Å². The molecule has 0 aromatic heterocycles. The lowest BCUT2D eigenvalue weighted by Gasteiger charge is -2.29. The lowest BCUT2D eigenvalue weighted by molar-refractivity contribution is -0.121. The molecule has 6 heteroatoms. The Kier molecular flexibility index (Phi) is 5.18. The Morgan fingerprint density at radius 2 is 1.55 bits per heavy atom. The van der Waals surface area contributed by atoms with Gasteiger partial charge in [0.2, 0.25) is 5.91 Å². The number of hydrogen-bond donors (Lipinski definition) is 4. The molecule has 2 unspecified atom stereocenters. The van der Waals surface area contributed by atoms with Crippen LogP contribution >= 0.6 is 0 Å². The van der Waals surface area contributed by atoms with E-state index in [0.29, 0.717) is 12.1 Å². The van der Waals surface area contributed by atoms with E-state index in [0.717, 1.165) is 25.7 Å². The van der Waals surface area contributed by atoms with Crippen molar-refractivity contribution in [2.75, 3.05) is 6.54 Å². The average molecular weight is 308 g/mol. The minimum absolute atomic E-state index is 0.0673. The number of carbonyl (C=O) groups excluding carboxylic acids is 2. The second-order valence-electron chi connectivity index (χ2n) is 7.04. The van der Waals surface area contributed by atoms with Gasteiger partial charge in [-0.05, 0) is 38.5 Å². The van der Waals surface area contributed by atoms with Crippen molar-refractivity contribution >= 4 is 11.9 Å². The fourth-order valence-electron chi connectivity index (χ4n) is 4.10. The van der Waals surface area contributed by atoms with E-state index in [2.05, 4.69) is 21.3 Å². The summed E-state index contributed by atoms with van der Waals surface area (Å²) in [7, 11) is 0. The highest BCUT2D eigenvalue weighted by atomic mass is 16.2. The standard InChI is InChI=1S/C16H28N4O2/c21-15(19-14-8-12-6-7-13(9-14)18-12)10-17-16(22)20-11-4-2-1-3-5-11/h11-14,18H,1-10H2,(H,19,21)(H2,17,20,22). The van der Waals surface area contributed by atoms with Gasteiger partial charge >= 0.3 is 6.03 Å². The van der Waals surface area contributed by atoms with Crippen molar-refractivity contribution < 1.29 is 9.59 Å². The highest BCUT2D eigenvalue weighted by Gasteiger charge is 2.33. The van der Waals surface area contributed by atoms with Crippen LogP contribution in [0.15, 0.2) is 0 Å². The fourth-order valence-corrected chi connectivity index (χ4v) is 4.10. The zero-order valence-corrected chi connectivity index (χ0v) is 13.2. The Morgan fingerprint density at radius 3 is 2.23 bits per heavy atom. The van der Waals surface area contributed by atoms with Crippen molar-refractivity contribution in [2.45, 2.75) is 82.0 Å². The monoisotopic (exact) mass is 308 g/mol. The van der Waals surface area contributed by atoms with Crippen LogP contribution in [-0.2, 0) is 4.79 Å². The van der Waals surface area contributed by atoms with Gasteiger partial charge in [-0.15, -0.1) is 0 Å². The second-order valence-corrected chi connectivity index (χ2v) is 7.04. The number of fused-ring (bicyclic) bond motifs is 2. The molecule has 2 bridgehead atoms. The molecule has 0 radical (unpaired) electrons. The number of nitrogens with one attached hydrogen (secondary N) is 4. The Hall–Kier alpha value is -1.30. The maximum atomic E-state index is 12.0. The average Bonchev–Trinajstić information content (AvgIpc) is 2.85. The minimum atomic E-state index is -0.215. The lowest BCUT2D eigenvalue weighted by atomic mass is 9.96. The molecule has 3 fully saturated rings. The van der Waals surface area contributed by atoms with E-state index in [-0.39, 0.29) is 30.6 Å². The molecular weight excluding hydrogens is 280 g/mol. The smallest absolute Gasteiger partial charge is 0.315 e. The largest absolute Gasteiger partial charge is 0.352 e. The van der Waals surface area contributed by atoms with Crippen LogP contribution in [0.4, 0.5) is 4.79 Å². The third kappa shape index (κ3) is 4.35. The first-order chi connectivity index (χ1) is 10.7. The topological polar surface area (TPSA) is 82.3 Å². The zero-order valence-electron chi connectivity index (χ0n) is 13.2. The molecule has 2 atom stereocenters. The Morgan fingerprint density at radius 1 is 0.864 bits per heavy atom. The van der Waals surface area contributed by atoms with Crippen LogP contribution in [0.5, 0.6) is 0 Å². The number of carbonyl (C=O) groups is 2. The first-order valence-electron chi connectivity index (χ1n) is 8.79. The quantitative estimate of drug-likeness (QED) is 0.626. The molecule has 3 aliphatic rings. The van der Waals surface area contributed by atoms with Crippen LogP contribution in [0.1, 0.15) is 57.8 Å². The van der Waals surface area contributed by atoms with Gasteiger partial charge in [-0.25, -0.2) is 4.79 Å². The summed E-state index contributed by atoms with van der Waals surface area (Å²) in [6, 6.07) is 1.44. The van der Waals surface area contributed by atoms with Gasteiger partial charge in [0.05, 0.1) is 6.54 Å². The van der Waals surface area contributed by atoms with Gasteiger partial charge < -0.3 is 21.3 Å². The van der Waals surface area contributed by atoms with Crippen LogP contribution in [0.3, 0.4) is 0 Å². The number of piperidine rings is 1. The predicted octanol–water partition coefficient (Wildman–Crippen LogP) is 1.02. The number of hydrogen-bond acceptors (Lipinski definition) is 3. The molecule has 0 aromatic carbocycles. The van der Waals surface area contributed by atoms with Crippen LogP contribution < -0.4 is 21.3 Å². The van der Waals surface area contributed by atoms with E-state index < -0.39 is 0 Å². The van der Waals surface area contributed by atoms with Crippen molar-refractivity contribution in [3.63, 3.8) is 0 Å². The van der Waals surface area contributed by atoms with E-state index in [9.17, 15) is 9.59 Å². The SMILES string of the molecule is O=C(CNC(=O)NC1CCCCC1)NC1CC2CCC(C1)N2. The first-order valence-corrected chi connectivity index (χ1v) is 8.79. The van der Waals surface area contributed by atoms with Crippen LogP contribution in [0.25, 0.3) is 0 Å². The normalized spacial score (nSPS) is 31.5. The Labute approximate surface area is 132 Å². The summed E-state index contributed by atoms with van der Waals surface area (Å²) in [6.07, 6.45) is 10.2. The summed E-state index contributed by atoms with van der Waals surface area (Å²) >= 11 is 0. The summed E-state index contributed by atoms with van der Waals surface area (Å²) in [5, 5.41) is 12.3. The van der Waals surface area contributed by atoms with Crippen molar-refractivity contribution in [3.8, 4) is 0 Å². The molecule has 3 amide bonds. The van der Waals surface area contributed by atoms with Gasteiger partial charge in [-0.1, -0.05) is 19.3 Å². The highest BCUT2D eigenvalue weighted by molar-refractivity contribution is 5.84. The molecule has 2 heterocycles. The third-order valence-corrected chi connectivity index (χ3v) is 5.19. The van der Waals surface area contributed by atoms with Crippen LogP contribution in [0, 0.1) is 0 Å². The second kappa shape index (κ2) is 7.31. The van der Waals surface area contributed by atoms with Gasteiger partial charge in [0.15, 0.2) is 0 Å². The first kappa shape index (κ1) is 15.6. The molecule has 6 nitrogen and oxygen atoms in total. The van der Waals surface area contributed by atoms with Crippen LogP contribution in [-0.4, -0.2) is 42.7 Å². The van der Waals surface area contributed by atoms with E-state index in [1.807, 2.05) is 0 Å². The van der Waals surface area contributed by atoms with Crippen molar-refractivity contribution in [3.05, 3.63) is 0 Å². The Balaban J connectivity index is 1.32. The summed E-state index contributed by atoms with van der Waals surface area (Å²) in [4.78, 5) is 23.8. The molecule has 0 spiro atoms. The number of rotatable bonds is 4. The van der Waals surface area contributed by atoms with Crippen molar-refractivity contribution in [2.24, 2.45) is 0 Å². The van der Waals surface area contributed by atoms with E-state index in [4.69, 9.17) is 0 Å². The molecule has 2 aliphatic heterocycles. The van der Waals surface area contributed by atoms with Gasteiger partial charge in [0.25, 0.3) is 0 Å². The lowest BCUT2D eigenvalue weighted by Crippen LogP contribution is -2.51.